The van der Waals surface area contributed by atoms with Crippen LogP contribution in [0.5, 0.6) is 0 Å². The van der Waals surface area contributed by atoms with Crippen molar-refractivity contribution in [1.29, 1.82) is 0 Å². The van der Waals surface area contributed by atoms with Crippen molar-refractivity contribution in [3.05, 3.63) is 0 Å². The molecule has 0 spiro atoms. The van der Waals surface area contributed by atoms with Gasteiger partial charge in [-0.15, -0.1) is 0 Å². The van der Waals surface area contributed by atoms with E-state index in [9.17, 15) is 0 Å². The number of thiol groups is 1. The minimum Gasteiger partial charge on any atom is -0.384 e. The van der Waals surface area contributed by atoms with Gasteiger partial charge in [-0.1, -0.05) is 25.7 Å². The number of nitrogens with zero attached hydrogens (tertiary/aromatic N) is 1. The average molecular weight is 271 g/mol. The van der Waals surface area contributed by atoms with E-state index >= 15 is 0 Å². The van der Waals surface area contributed by atoms with E-state index in [2.05, 4.69) is 17.5 Å². The molecule has 1 saturated heterocycles. The minimum atomic E-state index is 0.502. The molecular weight excluding hydrogens is 242 g/mol. The third kappa shape index (κ3) is 3.88. The molecule has 0 aromatic rings. The van der Waals surface area contributed by atoms with Crippen LogP contribution in [0.4, 0.5) is 0 Å². The van der Waals surface area contributed by atoms with Crippen molar-refractivity contribution in [2.24, 2.45) is 11.3 Å². The van der Waals surface area contributed by atoms with Crippen LogP contribution >= 0.6 is 12.6 Å². The lowest BCUT2D eigenvalue weighted by molar-refractivity contribution is 0.138. The second-order valence-electron chi connectivity index (χ2n) is 6.42. The van der Waals surface area contributed by atoms with Crippen LogP contribution in [-0.4, -0.2) is 44.0 Å². The highest BCUT2D eigenvalue weighted by Crippen LogP contribution is 2.37. The van der Waals surface area contributed by atoms with E-state index in [0.29, 0.717) is 5.41 Å². The summed E-state index contributed by atoms with van der Waals surface area (Å²) in [4.78, 5) is 2.67. The Labute approximate surface area is 118 Å². The molecule has 1 atom stereocenters. The molecule has 0 N–H and O–H groups in total. The molecule has 2 rings (SSSR count). The van der Waals surface area contributed by atoms with Crippen molar-refractivity contribution < 1.29 is 4.74 Å². The Kier molecular flexibility index (Phi) is 5.84. The molecule has 1 unspecified atom stereocenters. The maximum Gasteiger partial charge on any atom is 0.0503 e. The number of ether oxygens (including phenoxy) is 1. The second-order valence-corrected chi connectivity index (χ2v) is 6.73. The summed E-state index contributed by atoms with van der Waals surface area (Å²) in [6.45, 7) is 4.72. The lowest BCUT2D eigenvalue weighted by Gasteiger charge is -2.35. The number of rotatable bonds is 5. The van der Waals surface area contributed by atoms with Crippen LogP contribution in [0.2, 0.25) is 0 Å². The molecule has 1 aliphatic carbocycles. The molecule has 2 nitrogen and oxygen atoms in total. The van der Waals surface area contributed by atoms with Crippen LogP contribution in [0.25, 0.3) is 0 Å². The van der Waals surface area contributed by atoms with Crippen molar-refractivity contribution in [3.63, 3.8) is 0 Å². The zero-order chi connectivity index (χ0) is 12.8. The normalized spacial score (nSPS) is 29.3. The molecule has 2 fully saturated rings. The highest BCUT2D eigenvalue weighted by atomic mass is 32.1. The fraction of sp³-hybridized carbons (Fsp3) is 1.00. The fourth-order valence-electron chi connectivity index (χ4n) is 3.75. The summed E-state index contributed by atoms with van der Waals surface area (Å²) in [5.74, 6) is 1.83. The van der Waals surface area contributed by atoms with Crippen molar-refractivity contribution in [2.45, 2.75) is 44.9 Å². The fourth-order valence-corrected chi connectivity index (χ4v) is 4.16. The lowest BCUT2D eigenvalue weighted by Crippen LogP contribution is -2.38. The van der Waals surface area contributed by atoms with E-state index < -0.39 is 0 Å². The van der Waals surface area contributed by atoms with E-state index in [1.807, 2.05) is 7.11 Å². The lowest BCUT2D eigenvalue weighted by atomic mass is 9.81. The van der Waals surface area contributed by atoms with Gasteiger partial charge in [0.2, 0.25) is 0 Å². The number of likely N-dealkylation sites (tertiary alicyclic amines) is 1. The van der Waals surface area contributed by atoms with Gasteiger partial charge in [0.05, 0.1) is 6.61 Å². The molecule has 2 aliphatic rings. The highest BCUT2D eigenvalue weighted by Gasteiger charge is 2.34. The van der Waals surface area contributed by atoms with E-state index in [4.69, 9.17) is 4.74 Å². The summed E-state index contributed by atoms with van der Waals surface area (Å²) < 4.78 is 5.29. The summed E-state index contributed by atoms with van der Waals surface area (Å²) in [5.41, 5.74) is 0.502. The van der Waals surface area contributed by atoms with Gasteiger partial charge in [0.15, 0.2) is 0 Å². The van der Waals surface area contributed by atoms with Gasteiger partial charge in [0.25, 0.3) is 0 Å². The van der Waals surface area contributed by atoms with Crippen molar-refractivity contribution in [3.8, 4) is 0 Å². The summed E-state index contributed by atoms with van der Waals surface area (Å²) in [7, 11) is 1.82. The number of hydrogen-bond donors (Lipinski definition) is 1. The summed E-state index contributed by atoms with van der Waals surface area (Å²) >= 11 is 4.68. The molecule has 18 heavy (non-hydrogen) atoms. The predicted octanol–water partition coefficient (Wildman–Crippen LogP) is 3.23. The number of methoxy groups -OCH3 is 1. The monoisotopic (exact) mass is 271 g/mol. The molecule has 0 aromatic carbocycles. The van der Waals surface area contributed by atoms with Crippen LogP contribution in [0, 0.1) is 11.3 Å². The Morgan fingerprint density at radius 2 is 1.94 bits per heavy atom. The van der Waals surface area contributed by atoms with E-state index in [1.165, 1.54) is 64.6 Å². The molecular formula is C15H29NOS. The summed E-state index contributed by atoms with van der Waals surface area (Å²) in [6, 6.07) is 0. The topological polar surface area (TPSA) is 12.5 Å². The van der Waals surface area contributed by atoms with Crippen LogP contribution in [0.15, 0.2) is 0 Å². The van der Waals surface area contributed by atoms with Crippen molar-refractivity contribution >= 4 is 12.6 Å². The Morgan fingerprint density at radius 1 is 1.22 bits per heavy atom. The molecule has 1 saturated carbocycles. The molecule has 0 aromatic heterocycles. The predicted molar refractivity (Wildman–Crippen MR) is 80.4 cm³/mol. The van der Waals surface area contributed by atoms with Gasteiger partial charge in [-0.05, 0) is 42.9 Å². The van der Waals surface area contributed by atoms with Gasteiger partial charge in [-0.25, -0.2) is 0 Å². The van der Waals surface area contributed by atoms with Crippen LogP contribution in [0.1, 0.15) is 44.9 Å². The van der Waals surface area contributed by atoms with Crippen molar-refractivity contribution in [2.75, 3.05) is 39.1 Å². The second kappa shape index (κ2) is 7.16. The zero-order valence-corrected chi connectivity index (χ0v) is 12.8. The van der Waals surface area contributed by atoms with E-state index in [1.54, 1.807) is 0 Å². The Bertz CT molecular complexity index is 239. The van der Waals surface area contributed by atoms with Gasteiger partial charge in [0.1, 0.15) is 0 Å². The molecule has 1 aliphatic heterocycles. The Morgan fingerprint density at radius 3 is 2.56 bits per heavy atom. The first-order valence-corrected chi connectivity index (χ1v) is 8.23. The Hall–Kier alpha value is 0.270. The summed E-state index contributed by atoms with van der Waals surface area (Å²) in [6.07, 6.45) is 9.79. The van der Waals surface area contributed by atoms with Crippen LogP contribution in [0.3, 0.4) is 0 Å². The molecule has 106 valence electrons. The van der Waals surface area contributed by atoms with Gasteiger partial charge in [-0.3, -0.25) is 0 Å². The highest BCUT2D eigenvalue weighted by molar-refractivity contribution is 7.80. The largest absolute Gasteiger partial charge is 0.384 e. The van der Waals surface area contributed by atoms with E-state index in [0.717, 1.165) is 18.3 Å². The van der Waals surface area contributed by atoms with Gasteiger partial charge >= 0.3 is 0 Å². The van der Waals surface area contributed by atoms with Gasteiger partial charge in [0, 0.05) is 20.2 Å². The van der Waals surface area contributed by atoms with Gasteiger partial charge < -0.3 is 9.64 Å². The molecule has 0 amide bonds. The zero-order valence-electron chi connectivity index (χ0n) is 11.9. The first kappa shape index (κ1) is 14.7. The standard InChI is InChI=1S/C15H29NOS/c1-17-11-14-6-9-16(10-14)12-15(13-18)7-4-2-3-5-8-15/h14,18H,2-13H2,1H3. The molecule has 3 heteroatoms. The van der Waals surface area contributed by atoms with Crippen molar-refractivity contribution in [1.82, 2.24) is 4.90 Å². The molecule has 1 heterocycles. The smallest absolute Gasteiger partial charge is 0.0503 e. The Balaban J connectivity index is 1.86. The van der Waals surface area contributed by atoms with Crippen LogP contribution in [-0.2, 0) is 4.74 Å². The van der Waals surface area contributed by atoms with Gasteiger partial charge in [-0.2, -0.15) is 12.6 Å². The first-order valence-electron chi connectivity index (χ1n) is 7.60. The maximum atomic E-state index is 5.29. The van der Waals surface area contributed by atoms with E-state index in [-0.39, 0.29) is 0 Å². The summed E-state index contributed by atoms with van der Waals surface area (Å²) in [5, 5.41) is 0. The first-order chi connectivity index (χ1) is 8.78. The quantitative estimate of drug-likeness (QED) is 0.609. The molecule has 0 radical (unpaired) electrons. The number of hydrogen-bond acceptors (Lipinski definition) is 3. The minimum absolute atomic E-state index is 0.502. The van der Waals surface area contributed by atoms with Crippen LogP contribution < -0.4 is 0 Å². The molecule has 0 bridgehead atoms. The third-order valence-electron chi connectivity index (χ3n) is 4.83. The maximum absolute atomic E-state index is 5.29. The average Bonchev–Trinajstić information content (AvgIpc) is 2.67. The SMILES string of the molecule is COCC1CCN(CC2(CS)CCCCCC2)C1. The third-order valence-corrected chi connectivity index (χ3v) is 5.50.